The molecule has 0 aromatic carbocycles. The zero-order chi connectivity index (χ0) is 22.3. The summed E-state index contributed by atoms with van der Waals surface area (Å²) in [4.78, 5) is 0. The third kappa shape index (κ3) is 16.7. The van der Waals surface area contributed by atoms with Crippen LogP contribution in [0.5, 0.6) is 0 Å². The molecule has 174 valence electrons. The molecule has 0 aromatic rings. The van der Waals surface area contributed by atoms with Crippen molar-refractivity contribution in [3.63, 3.8) is 0 Å². The first-order chi connectivity index (χ1) is 12.9. The van der Waals surface area contributed by atoms with Crippen LogP contribution in [-0.2, 0) is 10.1 Å². The average Bonchev–Trinajstić information content (AvgIpc) is 2.59. The minimum atomic E-state index is -4.04. The van der Waals surface area contributed by atoms with E-state index in [1.165, 1.54) is 65.2 Å². The van der Waals surface area contributed by atoms with Crippen molar-refractivity contribution in [1.82, 2.24) is 3.94 Å². The summed E-state index contributed by atoms with van der Waals surface area (Å²) in [5.41, 5.74) is -0.989. The van der Waals surface area contributed by atoms with Crippen molar-refractivity contribution in [1.29, 1.82) is 0 Å². The predicted octanol–water partition coefficient (Wildman–Crippen LogP) is 7.20. The Kier molecular flexibility index (Phi) is 18.4. The van der Waals surface area contributed by atoms with Crippen LogP contribution < -0.4 is 0 Å². The van der Waals surface area contributed by atoms with E-state index < -0.39 is 28.7 Å². The monoisotopic (exact) mass is 481 g/mol. The fourth-order valence-electron chi connectivity index (χ4n) is 3.45. The first-order valence-corrected chi connectivity index (χ1v) is 16.1. The predicted molar refractivity (Wildman–Crippen MR) is 131 cm³/mol. The van der Waals surface area contributed by atoms with Crippen molar-refractivity contribution in [3.05, 3.63) is 0 Å². The summed E-state index contributed by atoms with van der Waals surface area (Å²) in [5, 5.41) is 0. The summed E-state index contributed by atoms with van der Waals surface area (Å²) >= 11 is 10.6. The Bertz CT molecular complexity index is 437. The van der Waals surface area contributed by atoms with E-state index >= 15 is 0 Å². The van der Waals surface area contributed by atoms with E-state index in [0.717, 1.165) is 0 Å². The first kappa shape index (κ1) is 31.1. The van der Waals surface area contributed by atoms with Gasteiger partial charge in [0.05, 0.1) is 11.3 Å². The molecule has 0 atom stereocenters. The van der Waals surface area contributed by atoms with Gasteiger partial charge in [0.1, 0.15) is 0 Å². The van der Waals surface area contributed by atoms with Gasteiger partial charge in [-0.25, -0.2) is 0 Å². The number of nitrogens with zero attached hydrogens (tertiary/aromatic N) is 1. The Morgan fingerprint density at radius 1 is 0.786 bits per heavy atom. The molecule has 0 aliphatic rings. The maximum atomic E-state index is 10.4. The van der Waals surface area contributed by atoms with Crippen molar-refractivity contribution in [2.75, 3.05) is 30.4 Å². The quantitative estimate of drug-likeness (QED) is 0.152. The molecule has 0 unspecified atom stereocenters. The second-order valence-corrected chi connectivity index (χ2v) is 16.0. The van der Waals surface area contributed by atoms with Gasteiger partial charge in [0, 0.05) is 0 Å². The summed E-state index contributed by atoms with van der Waals surface area (Å²) in [6, 6.07) is 0. The second-order valence-electron chi connectivity index (χ2n) is 8.69. The van der Waals surface area contributed by atoms with Gasteiger partial charge in [-0.15, -0.1) is 3.94 Å². The Hall–Kier alpha value is 0.880. The summed E-state index contributed by atoms with van der Waals surface area (Å²) in [6.45, 7) is 12.4. The van der Waals surface area contributed by atoms with Crippen molar-refractivity contribution in [2.45, 2.75) is 98.4 Å². The van der Waals surface area contributed by atoms with Crippen molar-refractivity contribution in [2.24, 2.45) is 0 Å². The molecular formula is C20H46Cl2NO3PS. The summed E-state index contributed by atoms with van der Waals surface area (Å²) < 4.78 is 29.9. The van der Waals surface area contributed by atoms with Gasteiger partial charge >= 0.3 is 111 Å². The fraction of sp³-hybridized carbons (Fsp3) is 1.00. The first-order valence-electron chi connectivity index (χ1n) is 11.0. The molecule has 0 rings (SSSR count). The molecule has 8 heteroatoms. The average molecular weight is 483 g/mol. The molecule has 0 spiro atoms. The molecule has 1 N–H and O–H groups in total. The zero-order valence-corrected chi connectivity index (χ0v) is 22.4. The van der Waals surface area contributed by atoms with E-state index in [-0.39, 0.29) is 0 Å². The van der Waals surface area contributed by atoms with Crippen LogP contribution in [0.1, 0.15) is 92.9 Å². The standard InChI is InChI=1S/C16H37P.C4H9Cl2NO3S/c1-5-9-13-17(14-10-6-2,15-11-7-3)16-12-8-4;1-4(2,7(5)6)3-11(8,9)10/h17H,5-16H2,1-4H3;3H2,1-2H3,(H,8,9,10). The SMILES string of the molecule is CC(C)(CS(=O)(=O)O)N(Cl)Cl.CCCC[PH](CCCC)(CCCC)CCCC. The molecule has 28 heavy (non-hydrogen) atoms. The second kappa shape index (κ2) is 16.6. The van der Waals surface area contributed by atoms with Gasteiger partial charge in [0.15, 0.2) is 0 Å². The summed E-state index contributed by atoms with van der Waals surface area (Å²) in [5.74, 6) is -0.507. The number of rotatable bonds is 15. The van der Waals surface area contributed by atoms with E-state index in [4.69, 9.17) is 28.1 Å². The van der Waals surface area contributed by atoms with E-state index in [2.05, 4.69) is 27.7 Å². The van der Waals surface area contributed by atoms with Crippen LogP contribution in [0.4, 0.5) is 0 Å². The third-order valence-corrected chi connectivity index (χ3v) is 12.9. The molecule has 0 fully saturated rings. The van der Waals surface area contributed by atoms with Gasteiger partial charge in [-0.05, 0) is 37.4 Å². The molecule has 0 amide bonds. The Morgan fingerprint density at radius 3 is 1.21 bits per heavy atom. The van der Waals surface area contributed by atoms with Crippen molar-refractivity contribution in [3.8, 4) is 0 Å². The van der Waals surface area contributed by atoms with Crippen LogP contribution in [0.2, 0.25) is 0 Å². The van der Waals surface area contributed by atoms with Crippen molar-refractivity contribution < 1.29 is 13.0 Å². The number of unbranched alkanes of at least 4 members (excludes halogenated alkanes) is 4. The number of hydrogen-bond donors (Lipinski definition) is 1. The molecule has 0 aromatic heterocycles. The van der Waals surface area contributed by atoms with E-state index in [1.807, 2.05) is 0 Å². The van der Waals surface area contributed by atoms with Gasteiger partial charge in [-0.1, -0.05) is 0 Å². The zero-order valence-electron chi connectivity index (χ0n) is 19.1. The molecule has 4 nitrogen and oxygen atoms in total. The molecule has 0 saturated carbocycles. The molecule has 0 bridgehead atoms. The van der Waals surface area contributed by atoms with E-state index in [9.17, 15) is 8.42 Å². The van der Waals surface area contributed by atoms with Gasteiger partial charge < -0.3 is 0 Å². The molecule has 0 heterocycles. The molecule has 0 radical (unpaired) electrons. The van der Waals surface area contributed by atoms with E-state index in [0.29, 0.717) is 3.94 Å². The summed E-state index contributed by atoms with van der Waals surface area (Å²) in [7, 11) is -4.92. The van der Waals surface area contributed by atoms with Gasteiger partial charge in [0.2, 0.25) is 0 Å². The third-order valence-electron chi connectivity index (χ3n) is 5.24. The Balaban J connectivity index is 0. The van der Waals surface area contributed by atoms with Gasteiger partial charge in [-0.3, -0.25) is 4.55 Å². The number of halogens is 2. The van der Waals surface area contributed by atoms with Crippen LogP contribution >= 0.6 is 30.8 Å². The molecule has 0 aliphatic carbocycles. The molecule has 0 aliphatic heterocycles. The van der Waals surface area contributed by atoms with Gasteiger partial charge in [0.25, 0.3) is 10.1 Å². The molecular weight excluding hydrogens is 436 g/mol. The van der Waals surface area contributed by atoms with Crippen LogP contribution in [0, 0.1) is 0 Å². The van der Waals surface area contributed by atoms with E-state index in [1.54, 1.807) is 24.6 Å². The van der Waals surface area contributed by atoms with Crippen LogP contribution in [0.15, 0.2) is 0 Å². The normalized spacial score (nSPS) is 13.4. The van der Waals surface area contributed by atoms with Crippen LogP contribution in [-0.4, -0.2) is 52.8 Å². The number of hydrogen-bond acceptors (Lipinski definition) is 3. The molecule has 0 saturated heterocycles. The Morgan fingerprint density at radius 2 is 1.07 bits per heavy atom. The van der Waals surface area contributed by atoms with Crippen molar-refractivity contribution >= 4 is 40.9 Å². The minimum absolute atomic E-state index is 0.507. The topological polar surface area (TPSA) is 57.6 Å². The van der Waals surface area contributed by atoms with Crippen LogP contribution in [0.25, 0.3) is 0 Å². The summed E-state index contributed by atoms with van der Waals surface area (Å²) in [6.07, 6.45) is 18.1. The van der Waals surface area contributed by atoms with Crippen LogP contribution in [0.3, 0.4) is 0 Å². The fourth-order valence-corrected chi connectivity index (χ4v) is 10.6. The maximum absolute atomic E-state index is 10.4. The van der Waals surface area contributed by atoms with Gasteiger partial charge in [-0.2, -0.15) is 8.42 Å². The Labute approximate surface area is 186 Å².